The van der Waals surface area contributed by atoms with E-state index in [0.717, 1.165) is 5.69 Å². The number of hydrogen-bond acceptors (Lipinski definition) is 3. The molecule has 0 aliphatic heterocycles. The zero-order chi connectivity index (χ0) is 14.8. The minimum Gasteiger partial charge on any atom is -0.379 e. The van der Waals surface area contributed by atoms with E-state index in [9.17, 15) is 0 Å². The number of nitrogens with one attached hydrogen (secondary N) is 1. The molecule has 19 heavy (non-hydrogen) atoms. The fourth-order valence-corrected chi connectivity index (χ4v) is 2.72. The molecule has 1 heterocycles. The van der Waals surface area contributed by atoms with Gasteiger partial charge >= 0.3 is 0 Å². The van der Waals surface area contributed by atoms with Crippen LogP contribution in [0.4, 0.5) is 0 Å². The summed E-state index contributed by atoms with van der Waals surface area (Å²) in [6, 6.07) is 0.262. The third kappa shape index (κ3) is 3.50. The molecule has 0 spiro atoms. The minimum atomic E-state index is -0.00215. The Hall–Kier alpha value is -0.580. The maximum Gasteiger partial charge on any atom is 0.0835 e. The van der Waals surface area contributed by atoms with Crippen molar-refractivity contribution in [1.82, 2.24) is 15.1 Å². The van der Waals surface area contributed by atoms with Gasteiger partial charge in [-0.2, -0.15) is 5.10 Å². The van der Waals surface area contributed by atoms with Gasteiger partial charge in [-0.05, 0) is 26.3 Å². The van der Waals surface area contributed by atoms with Crippen LogP contribution in [0.15, 0.2) is 6.20 Å². The molecule has 0 saturated heterocycles. The van der Waals surface area contributed by atoms with E-state index in [-0.39, 0.29) is 23.6 Å². The molecule has 2 unspecified atom stereocenters. The smallest absolute Gasteiger partial charge is 0.0835 e. The Morgan fingerprint density at radius 3 is 2.32 bits per heavy atom. The lowest BCUT2D eigenvalue weighted by Crippen LogP contribution is -2.41. The van der Waals surface area contributed by atoms with E-state index in [4.69, 9.17) is 16.3 Å². The molecule has 1 aromatic rings. The molecule has 0 aliphatic carbocycles. The Morgan fingerprint density at radius 1 is 1.37 bits per heavy atom. The molecule has 0 saturated carbocycles. The van der Waals surface area contributed by atoms with Crippen molar-refractivity contribution in [2.75, 3.05) is 14.2 Å². The number of hydrogen-bond donors (Lipinski definition) is 1. The van der Waals surface area contributed by atoms with Crippen LogP contribution in [0, 0.1) is 5.41 Å². The van der Waals surface area contributed by atoms with Crippen molar-refractivity contribution in [1.29, 1.82) is 0 Å². The number of methoxy groups -OCH3 is 1. The average Bonchev–Trinajstić information content (AvgIpc) is 2.66. The summed E-state index contributed by atoms with van der Waals surface area (Å²) >= 11 is 6.33. The van der Waals surface area contributed by atoms with Crippen LogP contribution < -0.4 is 5.32 Å². The first kappa shape index (κ1) is 16.5. The minimum absolute atomic E-state index is 0.00215. The number of rotatable bonds is 5. The van der Waals surface area contributed by atoms with Crippen LogP contribution in [0.3, 0.4) is 0 Å². The second-order valence-electron chi connectivity index (χ2n) is 6.20. The summed E-state index contributed by atoms with van der Waals surface area (Å²) in [4.78, 5) is 0. The summed E-state index contributed by atoms with van der Waals surface area (Å²) in [5, 5.41) is 8.38. The first-order chi connectivity index (χ1) is 8.73. The van der Waals surface area contributed by atoms with Gasteiger partial charge in [0, 0.05) is 13.2 Å². The Kier molecular flexibility index (Phi) is 5.42. The molecule has 1 N–H and O–H groups in total. The van der Waals surface area contributed by atoms with E-state index in [1.54, 1.807) is 13.3 Å². The van der Waals surface area contributed by atoms with Crippen LogP contribution in [-0.2, 0) is 4.74 Å². The lowest BCUT2D eigenvalue weighted by atomic mass is 9.83. The Balaban J connectivity index is 3.26. The molecule has 5 heteroatoms. The highest BCUT2D eigenvalue weighted by atomic mass is 35.5. The number of likely N-dealkylation sites (N-methyl/N-ethyl adjacent to an activating group) is 1. The summed E-state index contributed by atoms with van der Waals surface area (Å²) in [6.45, 7) is 10.7. The summed E-state index contributed by atoms with van der Waals surface area (Å²) in [5.41, 5.74) is 0.985. The second kappa shape index (κ2) is 6.25. The number of ether oxygens (including phenoxy) is 1. The maximum absolute atomic E-state index is 6.33. The van der Waals surface area contributed by atoms with Gasteiger partial charge in [-0.25, -0.2) is 0 Å². The van der Waals surface area contributed by atoms with Crippen LogP contribution in [0.25, 0.3) is 0 Å². The van der Waals surface area contributed by atoms with Crippen molar-refractivity contribution < 1.29 is 4.74 Å². The van der Waals surface area contributed by atoms with Gasteiger partial charge in [-0.15, -0.1) is 0 Å². The van der Waals surface area contributed by atoms with E-state index >= 15 is 0 Å². The van der Waals surface area contributed by atoms with Gasteiger partial charge in [0.1, 0.15) is 0 Å². The largest absolute Gasteiger partial charge is 0.379 e. The van der Waals surface area contributed by atoms with Crippen molar-refractivity contribution in [2.45, 2.75) is 52.8 Å². The molecule has 0 radical (unpaired) electrons. The highest BCUT2D eigenvalue weighted by molar-refractivity contribution is 6.31. The monoisotopic (exact) mass is 287 g/mol. The quantitative estimate of drug-likeness (QED) is 0.902. The van der Waals surface area contributed by atoms with Crippen molar-refractivity contribution in [3.05, 3.63) is 16.9 Å². The van der Waals surface area contributed by atoms with Crippen molar-refractivity contribution >= 4 is 11.6 Å². The first-order valence-corrected chi connectivity index (χ1v) is 7.04. The molecule has 1 aromatic heterocycles. The second-order valence-corrected chi connectivity index (χ2v) is 6.61. The SMILES string of the molecule is CNC(c1c(Cl)cnn1C(C)C)C(OC)C(C)(C)C. The number of nitrogens with zero attached hydrogens (tertiary/aromatic N) is 2. The first-order valence-electron chi connectivity index (χ1n) is 6.67. The van der Waals surface area contributed by atoms with E-state index in [0.29, 0.717) is 5.02 Å². The third-order valence-corrected chi connectivity index (χ3v) is 3.58. The van der Waals surface area contributed by atoms with Crippen LogP contribution in [0.1, 0.15) is 52.4 Å². The highest BCUT2D eigenvalue weighted by Gasteiger charge is 2.36. The molecular formula is C14H26ClN3O. The van der Waals surface area contributed by atoms with E-state index in [1.807, 2.05) is 11.7 Å². The lowest BCUT2D eigenvalue weighted by molar-refractivity contribution is -0.0124. The van der Waals surface area contributed by atoms with Crippen molar-refractivity contribution in [2.24, 2.45) is 5.41 Å². The Bertz CT molecular complexity index is 409. The predicted molar refractivity (Wildman–Crippen MR) is 79.7 cm³/mol. The Labute approximate surface area is 121 Å². The van der Waals surface area contributed by atoms with Crippen molar-refractivity contribution in [3.63, 3.8) is 0 Å². The normalized spacial score (nSPS) is 15.8. The molecule has 0 amide bonds. The van der Waals surface area contributed by atoms with Crippen LogP contribution in [0.5, 0.6) is 0 Å². The summed E-state index contributed by atoms with van der Waals surface area (Å²) < 4.78 is 7.68. The lowest BCUT2D eigenvalue weighted by Gasteiger charge is -2.36. The van der Waals surface area contributed by atoms with E-state index in [1.165, 1.54) is 0 Å². The topological polar surface area (TPSA) is 39.1 Å². The van der Waals surface area contributed by atoms with Gasteiger partial charge in [0.15, 0.2) is 0 Å². The van der Waals surface area contributed by atoms with Gasteiger partial charge in [0.25, 0.3) is 0 Å². The van der Waals surface area contributed by atoms with Crippen LogP contribution >= 0.6 is 11.6 Å². The molecule has 0 bridgehead atoms. The number of halogens is 1. The zero-order valence-electron chi connectivity index (χ0n) is 13.0. The van der Waals surface area contributed by atoms with Gasteiger partial charge in [0.05, 0.1) is 29.1 Å². The van der Waals surface area contributed by atoms with E-state index < -0.39 is 0 Å². The third-order valence-electron chi connectivity index (χ3n) is 3.29. The zero-order valence-corrected chi connectivity index (χ0v) is 13.7. The van der Waals surface area contributed by atoms with Crippen LogP contribution in [0.2, 0.25) is 5.02 Å². The van der Waals surface area contributed by atoms with Gasteiger partial charge < -0.3 is 10.1 Å². The molecule has 0 aromatic carbocycles. The summed E-state index contributed by atoms with van der Waals surface area (Å²) in [6.07, 6.45) is 1.71. The average molecular weight is 288 g/mol. The Morgan fingerprint density at radius 2 is 1.95 bits per heavy atom. The van der Waals surface area contributed by atoms with Crippen LogP contribution in [-0.4, -0.2) is 30.0 Å². The molecule has 0 aliphatic rings. The standard InChI is InChI=1S/C14H26ClN3O/c1-9(2)18-12(10(15)8-17-18)11(16-6)13(19-7)14(3,4)5/h8-9,11,13,16H,1-7H3. The van der Waals surface area contributed by atoms with Gasteiger partial charge in [-0.3, -0.25) is 4.68 Å². The fraction of sp³-hybridized carbons (Fsp3) is 0.786. The number of aromatic nitrogens is 2. The highest BCUT2D eigenvalue weighted by Crippen LogP contribution is 2.35. The predicted octanol–water partition coefficient (Wildman–Crippen LogP) is 3.44. The molecular weight excluding hydrogens is 262 g/mol. The van der Waals surface area contributed by atoms with E-state index in [2.05, 4.69) is 45.0 Å². The molecule has 110 valence electrons. The van der Waals surface area contributed by atoms with Gasteiger partial charge in [-0.1, -0.05) is 32.4 Å². The maximum atomic E-state index is 6.33. The molecule has 2 atom stereocenters. The molecule has 4 nitrogen and oxygen atoms in total. The molecule has 0 fully saturated rings. The fourth-order valence-electron chi connectivity index (χ4n) is 2.47. The van der Waals surface area contributed by atoms with Crippen molar-refractivity contribution in [3.8, 4) is 0 Å². The van der Waals surface area contributed by atoms with Gasteiger partial charge in [0.2, 0.25) is 0 Å². The molecule has 1 rings (SSSR count). The summed E-state index contributed by atoms with van der Waals surface area (Å²) in [5.74, 6) is 0. The summed E-state index contributed by atoms with van der Waals surface area (Å²) in [7, 11) is 3.67.